The molecule has 23 heavy (non-hydrogen) atoms. The van der Waals surface area contributed by atoms with Gasteiger partial charge in [0.15, 0.2) is 0 Å². The monoisotopic (exact) mass is 333 g/mol. The van der Waals surface area contributed by atoms with Crippen LogP contribution in [-0.4, -0.2) is 21.9 Å². The first-order chi connectivity index (χ1) is 11.0. The van der Waals surface area contributed by atoms with E-state index in [4.69, 9.17) is 0 Å². The van der Waals surface area contributed by atoms with E-state index in [1.807, 2.05) is 13.8 Å². The van der Waals surface area contributed by atoms with Gasteiger partial charge in [-0.05, 0) is 48.4 Å². The summed E-state index contributed by atoms with van der Waals surface area (Å²) in [5, 5.41) is 2.87. The zero-order valence-corrected chi connectivity index (χ0v) is 14.0. The first-order valence-corrected chi connectivity index (χ1v) is 8.72. The van der Waals surface area contributed by atoms with E-state index in [0.717, 1.165) is 10.5 Å². The summed E-state index contributed by atoms with van der Waals surface area (Å²) in [6, 6.07) is 13.0. The maximum absolute atomic E-state index is 12.8. The van der Waals surface area contributed by atoms with E-state index in [9.17, 15) is 13.4 Å². The molecule has 1 amide bonds. The fourth-order valence-corrected chi connectivity index (χ4v) is 3.03. The Morgan fingerprint density at radius 3 is 2.26 bits per heavy atom. The predicted molar refractivity (Wildman–Crippen MR) is 90.4 cm³/mol. The van der Waals surface area contributed by atoms with Gasteiger partial charge in [0, 0.05) is 22.3 Å². The van der Waals surface area contributed by atoms with Gasteiger partial charge in [0.25, 0.3) is 5.91 Å². The Morgan fingerprint density at radius 2 is 1.70 bits per heavy atom. The molecular formula is C18H20FNO2S. The third-order valence-electron chi connectivity index (χ3n) is 3.39. The van der Waals surface area contributed by atoms with Crippen LogP contribution in [0.2, 0.25) is 0 Å². The van der Waals surface area contributed by atoms with Crippen molar-refractivity contribution in [3.63, 3.8) is 0 Å². The van der Waals surface area contributed by atoms with E-state index >= 15 is 0 Å². The van der Waals surface area contributed by atoms with Crippen molar-refractivity contribution in [1.82, 2.24) is 5.32 Å². The molecule has 0 aliphatic carbocycles. The lowest BCUT2D eigenvalue weighted by Gasteiger charge is -2.08. The van der Waals surface area contributed by atoms with Crippen LogP contribution in [0.3, 0.4) is 0 Å². The maximum Gasteiger partial charge on any atom is 0.251 e. The molecule has 0 saturated heterocycles. The Kier molecular flexibility index (Phi) is 6.04. The Hall–Kier alpha value is -2.01. The third-order valence-corrected chi connectivity index (χ3v) is 4.98. The molecule has 0 radical (unpaired) electrons. The first-order valence-electron chi connectivity index (χ1n) is 7.50. The normalized spacial score (nSPS) is 12.2. The fourth-order valence-electron chi connectivity index (χ4n) is 2.09. The highest BCUT2D eigenvalue weighted by molar-refractivity contribution is 7.85. The van der Waals surface area contributed by atoms with Crippen molar-refractivity contribution in [1.29, 1.82) is 0 Å². The Bertz CT molecular complexity index is 681. The van der Waals surface area contributed by atoms with E-state index in [2.05, 4.69) is 5.32 Å². The molecule has 1 N–H and O–H groups in total. The van der Waals surface area contributed by atoms with Crippen LogP contribution in [0.4, 0.5) is 4.39 Å². The van der Waals surface area contributed by atoms with Gasteiger partial charge >= 0.3 is 0 Å². The zero-order valence-electron chi connectivity index (χ0n) is 13.2. The van der Waals surface area contributed by atoms with Gasteiger partial charge in [-0.15, -0.1) is 0 Å². The standard InChI is InChI=1S/C18H20FNO2S/c1-13(2)23(22)17-9-5-15(6-10-17)18(21)20-12-11-14-3-7-16(19)8-4-14/h3-10,13H,11-12H2,1-2H3,(H,20,21)/t23-/m0/s1. The summed E-state index contributed by atoms with van der Waals surface area (Å²) in [5.74, 6) is -0.439. The second kappa shape index (κ2) is 8.02. The molecule has 2 rings (SSSR count). The van der Waals surface area contributed by atoms with Gasteiger partial charge in [-0.2, -0.15) is 0 Å². The number of carbonyl (C=O) groups excluding carboxylic acids is 1. The molecule has 0 aliphatic heterocycles. The number of carbonyl (C=O) groups is 1. The van der Waals surface area contributed by atoms with Gasteiger partial charge < -0.3 is 5.32 Å². The Morgan fingerprint density at radius 1 is 1.09 bits per heavy atom. The molecule has 2 aromatic carbocycles. The van der Waals surface area contributed by atoms with Gasteiger partial charge in [0.1, 0.15) is 5.82 Å². The minimum Gasteiger partial charge on any atom is -0.352 e. The largest absolute Gasteiger partial charge is 0.352 e. The number of rotatable bonds is 6. The van der Waals surface area contributed by atoms with Crippen LogP contribution in [-0.2, 0) is 17.2 Å². The second-order valence-corrected chi connectivity index (χ2v) is 7.51. The molecule has 0 unspecified atom stereocenters. The minimum absolute atomic E-state index is 0.0467. The number of hydrogen-bond donors (Lipinski definition) is 1. The lowest BCUT2D eigenvalue weighted by molar-refractivity contribution is 0.0954. The molecule has 0 aromatic heterocycles. The van der Waals surface area contributed by atoms with Crippen molar-refractivity contribution < 1.29 is 13.4 Å². The topological polar surface area (TPSA) is 46.2 Å². The Labute approximate surface area is 138 Å². The third kappa shape index (κ3) is 4.99. The number of nitrogens with one attached hydrogen (secondary N) is 1. The average molecular weight is 333 g/mol. The van der Waals surface area contributed by atoms with Crippen LogP contribution in [0.5, 0.6) is 0 Å². The molecule has 0 spiro atoms. The molecular weight excluding hydrogens is 313 g/mol. The van der Waals surface area contributed by atoms with Crippen LogP contribution in [0.1, 0.15) is 29.8 Å². The summed E-state index contributed by atoms with van der Waals surface area (Å²) < 4.78 is 24.8. The van der Waals surface area contributed by atoms with Crippen molar-refractivity contribution >= 4 is 16.7 Å². The van der Waals surface area contributed by atoms with Crippen molar-refractivity contribution in [2.24, 2.45) is 0 Å². The molecule has 0 fully saturated rings. The zero-order chi connectivity index (χ0) is 16.8. The highest BCUT2D eigenvalue weighted by Crippen LogP contribution is 2.12. The molecule has 5 heteroatoms. The number of halogens is 1. The van der Waals surface area contributed by atoms with Crippen LogP contribution < -0.4 is 5.32 Å². The summed E-state index contributed by atoms with van der Waals surface area (Å²) >= 11 is 0. The maximum atomic E-state index is 12.8. The molecule has 0 heterocycles. The summed E-state index contributed by atoms with van der Waals surface area (Å²) in [6.07, 6.45) is 0.640. The fraction of sp³-hybridized carbons (Fsp3) is 0.278. The smallest absolute Gasteiger partial charge is 0.251 e. The molecule has 2 aromatic rings. The summed E-state index contributed by atoms with van der Waals surface area (Å²) in [5.41, 5.74) is 1.50. The van der Waals surface area contributed by atoms with Gasteiger partial charge in [-0.3, -0.25) is 9.00 Å². The van der Waals surface area contributed by atoms with Crippen LogP contribution in [0, 0.1) is 5.82 Å². The number of amides is 1. The lowest BCUT2D eigenvalue weighted by Crippen LogP contribution is -2.25. The quantitative estimate of drug-likeness (QED) is 0.881. The molecule has 3 nitrogen and oxygen atoms in total. The van der Waals surface area contributed by atoms with E-state index in [1.54, 1.807) is 36.4 Å². The predicted octanol–water partition coefficient (Wildman–Crippen LogP) is 3.31. The molecule has 0 aliphatic rings. The van der Waals surface area contributed by atoms with E-state index in [-0.39, 0.29) is 17.0 Å². The minimum atomic E-state index is -1.05. The van der Waals surface area contributed by atoms with E-state index in [0.29, 0.717) is 18.5 Å². The highest BCUT2D eigenvalue weighted by Gasteiger charge is 2.10. The summed E-state index contributed by atoms with van der Waals surface area (Å²) in [6.45, 7) is 4.27. The number of hydrogen-bond acceptors (Lipinski definition) is 2. The molecule has 0 saturated carbocycles. The van der Waals surface area contributed by atoms with Gasteiger partial charge in [-0.25, -0.2) is 4.39 Å². The van der Waals surface area contributed by atoms with Crippen LogP contribution in [0.25, 0.3) is 0 Å². The van der Waals surface area contributed by atoms with Crippen molar-refractivity contribution in [3.05, 3.63) is 65.5 Å². The van der Waals surface area contributed by atoms with E-state index in [1.165, 1.54) is 12.1 Å². The van der Waals surface area contributed by atoms with E-state index < -0.39 is 10.8 Å². The molecule has 122 valence electrons. The first kappa shape index (κ1) is 17.3. The van der Waals surface area contributed by atoms with Crippen molar-refractivity contribution in [2.45, 2.75) is 30.4 Å². The molecule has 1 atom stereocenters. The summed E-state index contributed by atoms with van der Waals surface area (Å²) in [7, 11) is -1.05. The van der Waals surface area contributed by atoms with Crippen LogP contribution >= 0.6 is 0 Å². The number of benzene rings is 2. The molecule has 0 bridgehead atoms. The highest BCUT2D eigenvalue weighted by atomic mass is 32.2. The van der Waals surface area contributed by atoms with Gasteiger partial charge in [0.2, 0.25) is 0 Å². The van der Waals surface area contributed by atoms with Gasteiger partial charge in [0.05, 0.1) is 10.8 Å². The average Bonchev–Trinajstić information content (AvgIpc) is 2.56. The lowest BCUT2D eigenvalue weighted by atomic mass is 10.1. The van der Waals surface area contributed by atoms with Gasteiger partial charge in [-0.1, -0.05) is 26.0 Å². The van der Waals surface area contributed by atoms with Crippen molar-refractivity contribution in [2.75, 3.05) is 6.54 Å². The summed E-state index contributed by atoms with van der Waals surface area (Å²) in [4.78, 5) is 12.8. The van der Waals surface area contributed by atoms with Crippen LogP contribution in [0.15, 0.2) is 53.4 Å². The van der Waals surface area contributed by atoms with Crippen molar-refractivity contribution in [3.8, 4) is 0 Å². The second-order valence-electron chi connectivity index (χ2n) is 5.50. The Balaban J connectivity index is 1.88. The SMILES string of the molecule is CC(C)[S@](=O)c1ccc(C(=O)NCCc2ccc(F)cc2)cc1.